The maximum Gasteiger partial charge on any atom is 0.264 e. The van der Waals surface area contributed by atoms with Crippen LogP contribution in [0.15, 0.2) is 29.4 Å². The van der Waals surface area contributed by atoms with Crippen molar-refractivity contribution in [3.8, 4) is 0 Å². The van der Waals surface area contributed by atoms with Crippen molar-refractivity contribution in [1.82, 2.24) is 5.32 Å². The molecule has 1 atom stereocenters. The predicted molar refractivity (Wildman–Crippen MR) is 72.8 cm³/mol. The summed E-state index contributed by atoms with van der Waals surface area (Å²) in [5.41, 5.74) is 0.901. The molecule has 0 aromatic heterocycles. The van der Waals surface area contributed by atoms with E-state index in [2.05, 4.69) is 10.5 Å². The molecule has 0 bridgehead atoms. The van der Waals surface area contributed by atoms with E-state index in [0.29, 0.717) is 17.7 Å². The molecule has 5 heteroatoms. The van der Waals surface area contributed by atoms with Crippen molar-refractivity contribution in [3.05, 3.63) is 35.6 Å². The van der Waals surface area contributed by atoms with Gasteiger partial charge in [-0.05, 0) is 18.9 Å². The van der Waals surface area contributed by atoms with Gasteiger partial charge in [-0.25, -0.2) is 4.39 Å². The minimum atomic E-state index is -0.634. The molecular formula is C15H17FN2O2. The third kappa shape index (κ3) is 2.66. The highest BCUT2D eigenvalue weighted by atomic mass is 19.1. The Kier molecular flexibility index (Phi) is 3.67. The molecule has 20 heavy (non-hydrogen) atoms. The number of carbonyl (C=O) groups is 1. The summed E-state index contributed by atoms with van der Waals surface area (Å²) >= 11 is 0. The van der Waals surface area contributed by atoms with Crippen molar-refractivity contribution in [1.29, 1.82) is 0 Å². The normalized spacial score (nSPS) is 22.4. The lowest BCUT2D eigenvalue weighted by Crippen LogP contribution is -2.40. The maximum absolute atomic E-state index is 13.7. The number of rotatable bonds is 3. The van der Waals surface area contributed by atoms with Crippen LogP contribution in [-0.4, -0.2) is 23.8 Å². The standard InChI is InChI=1S/C15H17FN2O2/c16-12-8-4-3-7-11(12)13-9-14(20-18-13)15(19)17-10-5-1-2-6-10/h3-4,7-8,10,14H,1-2,5-6,9H2,(H,17,19)/t14-/m0/s1. The van der Waals surface area contributed by atoms with E-state index in [1.54, 1.807) is 18.2 Å². The molecule has 4 nitrogen and oxygen atoms in total. The SMILES string of the molecule is O=C(NC1CCCC1)[C@@H]1CC(c2ccccc2F)=NO1. The molecule has 0 unspecified atom stereocenters. The number of nitrogens with one attached hydrogen (secondary N) is 1. The monoisotopic (exact) mass is 276 g/mol. The largest absolute Gasteiger partial charge is 0.382 e. The van der Waals surface area contributed by atoms with Crippen molar-refractivity contribution in [2.75, 3.05) is 0 Å². The molecule has 0 saturated heterocycles. The summed E-state index contributed by atoms with van der Waals surface area (Å²) in [4.78, 5) is 17.2. The quantitative estimate of drug-likeness (QED) is 0.921. The molecule has 1 aromatic rings. The number of oxime groups is 1. The first-order chi connectivity index (χ1) is 9.74. The average molecular weight is 276 g/mol. The minimum absolute atomic E-state index is 0.146. The topological polar surface area (TPSA) is 50.7 Å². The van der Waals surface area contributed by atoms with Gasteiger partial charge in [0.1, 0.15) is 5.82 Å². The van der Waals surface area contributed by atoms with E-state index in [-0.39, 0.29) is 17.8 Å². The maximum atomic E-state index is 13.7. The minimum Gasteiger partial charge on any atom is -0.382 e. The van der Waals surface area contributed by atoms with Crippen molar-refractivity contribution < 1.29 is 14.0 Å². The van der Waals surface area contributed by atoms with Gasteiger partial charge in [0.2, 0.25) is 6.10 Å². The summed E-state index contributed by atoms with van der Waals surface area (Å²) in [6.07, 6.45) is 4.06. The second-order valence-electron chi connectivity index (χ2n) is 5.31. The lowest BCUT2D eigenvalue weighted by Gasteiger charge is -2.14. The summed E-state index contributed by atoms with van der Waals surface area (Å²) in [6, 6.07) is 6.65. The number of amides is 1. The Morgan fingerprint density at radius 3 is 2.80 bits per heavy atom. The van der Waals surface area contributed by atoms with Crippen LogP contribution in [-0.2, 0) is 9.63 Å². The summed E-state index contributed by atoms with van der Waals surface area (Å²) in [7, 11) is 0. The highest BCUT2D eigenvalue weighted by molar-refractivity contribution is 6.04. The van der Waals surface area contributed by atoms with Gasteiger partial charge in [0, 0.05) is 18.0 Å². The first-order valence-corrected chi connectivity index (χ1v) is 7.02. The van der Waals surface area contributed by atoms with E-state index < -0.39 is 6.10 Å². The molecule has 0 radical (unpaired) electrons. The molecule has 3 rings (SSSR count). The number of benzene rings is 1. The first-order valence-electron chi connectivity index (χ1n) is 7.02. The summed E-state index contributed by atoms with van der Waals surface area (Å²) in [5.74, 6) is -0.487. The van der Waals surface area contributed by atoms with Gasteiger partial charge in [-0.15, -0.1) is 0 Å². The van der Waals surface area contributed by atoms with Crippen LogP contribution >= 0.6 is 0 Å². The van der Waals surface area contributed by atoms with Crippen LogP contribution < -0.4 is 5.32 Å². The van der Waals surface area contributed by atoms with Crippen LogP contribution in [0.4, 0.5) is 4.39 Å². The highest BCUT2D eigenvalue weighted by Crippen LogP contribution is 2.21. The van der Waals surface area contributed by atoms with Gasteiger partial charge in [-0.3, -0.25) is 4.79 Å². The molecule has 1 saturated carbocycles. The van der Waals surface area contributed by atoms with E-state index >= 15 is 0 Å². The molecule has 1 fully saturated rings. The fourth-order valence-electron chi connectivity index (χ4n) is 2.74. The van der Waals surface area contributed by atoms with Crippen LogP contribution in [0.25, 0.3) is 0 Å². The van der Waals surface area contributed by atoms with Crippen LogP contribution in [0, 0.1) is 5.82 Å². The Morgan fingerprint density at radius 2 is 2.05 bits per heavy atom. The highest BCUT2D eigenvalue weighted by Gasteiger charge is 2.31. The second kappa shape index (κ2) is 5.61. The van der Waals surface area contributed by atoms with Gasteiger partial charge < -0.3 is 10.2 Å². The number of nitrogens with zero attached hydrogens (tertiary/aromatic N) is 1. The van der Waals surface area contributed by atoms with Crippen LogP contribution in [0.3, 0.4) is 0 Å². The Balaban J connectivity index is 1.61. The average Bonchev–Trinajstić information content (AvgIpc) is 3.10. The third-order valence-electron chi connectivity index (χ3n) is 3.85. The van der Waals surface area contributed by atoms with Gasteiger partial charge in [-0.1, -0.05) is 36.2 Å². The molecule has 1 N–H and O–H groups in total. The van der Waals surface area contributed by atoms with Crippen LogP contribution in [0.1, 0.15) is 37.7 Å². The zero-order valence-corrected chi connectivity index (χ0v) is 11.1. The predicted octanol–water partition coefficient (Wildman–Crippen LogP) is 2.38. The Bertz CT molecular complexity index is 538. The first kappa shape index (κ1) is 13.1. The summed E-state index contributed by atoms with van der Waals surface area (Å²) < 4.78 is 13.7. The fraction of sp³-hybridized carbons (Fsp3) is 0.467. The fourth-order valence-corrected chi connectivity index (χ4v) is 2.74. The molecule has 106 valence electrons. The van der Waals surface area contributed by atoms with Crippen LogP contribution in [0.2, 0.25) is 0 Å². The summed E-state index contributed by atoms with van der Waals surface area (Å²) in [5, 5.41) is 6.84. The molecule has 1 aromatic carbocycles. The second-order valence-corrected chi connectivity index (χ2v) is 5.31. The van der Waals surface area contributed by atoms with Crippen molar-refractivity contribution in [2.45, 2.75) is 44.2 Å². The van der Waals surface area contributed by atoms with E-state index in [0.717, 1.165) is 25.7 Å². The lowest BCUT2D eigenvalue weighted by molar-refractivity contribution is -0.131. The van der Waals surface area contributed by atoms with E-state index in [4.69, 9.17) is 4.84 Å². The lowest BCUT2D eigenvalue weighted by atomic mass is 10.0. The zero-order chi connectivity index (χ0) is 13.9. The van der Waals surface area contributed by atoms with Gasteiger partial charge in [-0.2, -0.15) is 0 Å². The molecule has 1 amide bonds. The zero-order valence-electron chi connectivity index (χ0n) is 11.1. The molecule has 1 aliphatic carbocycles. The van der Waals surface area contributed by atoms with Gasteiger partial charge in [0.25, 0.3) is 5.91 Å². The van der Waals surface area contributed by atoms with E-state index in [9.17, 15) is 9.18 Å². The molecular weight excluding hydrogens is 259 g/mol. The number of carbonyl (C=O) groups excluding carboxylic acids is 1. The number of hydrogen-bond donors (Lipinski definition) is 1. The molecule has 1 heterocycles. The number of hydrogen-bond acceptors (Lipinski definition) is 3. The Hall–Kier alpha value is -1.91. The molecule has 0 spiro atoms. The van der Waals surface area contributed by atoms with Gasteiger partial charge >= 0.3 is 0 Å². The van der Waals surface area contributed by atoms with E-state index in [1.165, 1.54) is 6.07 Å². The Labute approximate surface area is 117 Å². The van der Waals surface area contributed by atoms with Crippen molar-refractivity contribution in [3.63, 3.8) is 0 Å². The molecule has 1 aliphatic heterocycles. The Morgan fingerprint density at radius 1 is 1.30 bits per heavy atom. The molecule has 2 aliphatic rings. The van der Waals surface area contributed by atoms with Crippen LogP contribution in [0.5, 0.6) is 0 Å². The smallest absolute Gasteiger partial charge is 0.264 e. The summed E-state index contributed by atoms with van der Waals surface area (Å²) in [6.45, 7) is 0. The van der Waals surface area contributed by atoms with Crippen molar-refractivity contribution in [2.24, 2.45) is 5.16 Å². The van der Waals surface area contributed by atoms with Crippen molar-refractivity contribution >= 4 is 11.6 Å². The van der Waals surface area contributed by atoms with Gasteiger partial charge in [0.05, 0.1) is 5.71 Å². The van der Waals surface area contributed by atoms with Gasteiger partial charge in [0.15, 0.2) is 0 Å². The van der Waals surface area contributed by atoms with E-state index in [1.807, 2.05) is 0 Å². The number of halogens is 1. The third-order valence-corrected chi connectivity index (χ3v) is 3.85.